The highest BCUT2D eigenvalue weighted by atomic mass is 32.2. The topological polar surface area (TPSA) is 83.4 Å². The molecule has 0 saturated carbocycles. The number of aliphatic hydroxyl groups is 1. The van der Waals surface area contributed by atoms with Crippen molar-refractivity contribution in [3.8, 4) is 0 Å². The third-order valence-corrected chi connectivity index (χ3v) is 5.87. The van der Waals surface area contributed by atoms with E-state index in [4.69, 9.17) is 0 Å². The molecule has 1 aromatic heterocycles. The summed E-state index contributed by atoms with van der Waals surface area (Å²) in [6.45, 7) is 3.27. The normalized spacial score (nSPS) is 20.1. The van der Waals surface area contributed by atoms with E-state index in [0.29, 0.717) is 29.0 Å². The van der Waals surface area contributed by atoms with E-state index in [2.05, 4.69) is 10.0 Å². The number of carbonyl (C=O) groups is 1. The largest absolute Gasteiger partial charge is 0.389 e. The van der Waals surface area contributed by atoms with Gasteiger partial charge in [-0.05, 0) is 38.8 Å². The van der Waals surface area contributed by atoms with Gasteiger partial charge in [-0.2, -0.15) is 0 Å². The molecule has 2 unspecified atom stereocenters. The van der Waals surface area contributed by atoms with Crippen LogP contribution in [0.15, 0.2) is 29.3 Å². The molecule has 0 aliphatic carbocycles. The molecule has 146 valence electrons. The van der Waals surface area contributed by atoms with Gasteiger partial charge in [0.2, 0.25) is 0 Å². The van der Waals surface area contributed by atoms with Gasteiger partial charge in [-0.3, -0.25) is 4.79 Å². The van der Waals surface area contributed by atoms with Gasteiger partial charge < -0.3 is 15.0 Å². The van der Waals surface area contributed by atoms with Gasteiger partial charge in [-0.1, -0.05) is 0 Å². The first-order valence-corrected chi connectivity index (χ1v) is 9.58. The van der Waals surface area contributed by atoms with Crippen LogP contribution in [0.4, 0.5) is 14.5 Å². The highest BCUT2D eigenvalue weighted by Crippen LogP contribution is 2.28. The molecule has 0 spiro atoms. The summed E-state index contributed by atoms with van der Waals surface area (Å²) in [6.07, 6.45) is 2.52. The lowest BCUT2D eigenvalue weighted by Crippen LogP contribution is -2.46. The third kappa shape index (κ3) is 3.95. The van der Waals surface area contributed by atoms with Crippen molar-refractivity contribution >= 4 is 22.6 Å². The minimum absolute atomic E-state index is 0.121. The van der Waals surface area contributed by atoms with Crippen LogP contribution in [-0.4, -0.2) is 31.4 Å². The van der Waals surface area contributed by atoms with Crippen molar-refractivity contribution in [3.63, 3.8) is 0 Å². The van der Waals surface area contributed by atoms with Crippen LogP contribution in [-0.2, 0) is 24.5 Å². The van der Waals surface area contributed by atoms with Gasteiger partial charge >= 0.3 is 0 Å². The zero-order chi connectivity index (χ0) is 19.9. The molecule has 1 aliphatic heterocycles. The Bertz CT molecular complexity index is 921. The van der Waals surface area contributed by atoms with Gasteiger partial charge in [0.05, 0.1) is 10.5 Å². The second-order valence-corrected chi connectivity index (χ2v) is 8.36. The lowest BCUT2D eigenvalue weighted by Gasteiger charge is -2.28. The summed E-state index contributed by atoms with van der Waals surface area (Å²) in [4.78, 5) is 13.2. The molecule has 1 aliphatic rings. The van der Waals surface area contributed by atoms with E-state index in [9.17, 15) is 22.9 Å². The minimum atomic E-state index is -1.59. The van der Waals surface area contributed by atoms with Crippen molar-refractivity contribution in [1.29, 1.82) is 0 Å². The highest BCUT2D eigenvalue weighted by molar-refractivity contribution is 7.83. The van der Waals surface area contributed by atoms with Gasteiger partial charge in [0.15, 0.2) is 11.6 Å². The molecule has 2 aromatic rings. The second kappa shape index (κ2) is 7.14. The Morgan fingerprint density at radius 1 is 1.37 bits per heavy atom. The van der Waals surface area contributed by atoms with Crippen molar-refractivity contribution in [2.45, 2.75) is 43.2 Å². The fourth-order valence-corrected chi connectivity index (χ4v) is 4.62. The van der Waals surface area contributed by atoms with E-state index >= 15 is 0 Å². The Labute approximate surface area is 158 Å². The number of hydrogen-bond donors (Lipinski definition) is 3. The summed E-state index contributed by atoms with van der Waals surface area (Å²) < 4.78 is 43.6. The number of aromatic nitrogens is 1. The number of hydrogen-bond acceptors (Lipinski definition) is 3. The van der Waals surface area contributed by atoms with Crippen LogP contribution in [0.5, 0.6) is 0 Å². The standard InChI is InChI=1S/C18H21F2N3O3S/c1-18(2,25)15-7-5-11-14(27(26)22-15)9-23(3)16(11)17(24)21-10-4-6-12(19)13(20)8-10/h4,6,8-9,15,22,25H,5,7H2,1-3H3,(H,21,24). The fourth-order valence-electron chi connectivity index (χ4n) is 3.15. The quantitative estimate of drug-likeness (QED) is 0.743. The van der Waals surface area contributed by atoms with Crippen molar-refractivity contribution in [2.75, 3.05) is 5.32 Å². The third-order valence-electron chi connectivity index (χ3n) is 4.62. The number of nitrogens with zero attached hydrogens (tertiary/aromatic N) is 1. The lowest BCUT2D eigenvalue weighted by atomic mass is 9.93. The highest BCUT2D eigenvalue weighted by Gasteiger charge is 2.34. The number of carbonyl (C=O) groups excluding carboxylic acids is 1. The lowest BCUT2D eigenvalue weighted by molar-refractivity contribution is 0.0439. The minimum Gasteiger partial charge on any atom is -0.389 e. The molecule has 0 fully saturated rings. The van der Waals surface area contributed by atoms with Crippen LogP contribution in [0.2, 0.25) is 0 Å². The number of aryl methyl sites for hydroxylation is 1. The first-order chi connectivity index (χ1) is 12.6. The maximum atomic E-state index is 13.4. The SMILES string of the molecule is Cn1cc2c(c1C(=O)Nc1ccc(F)c(F)c1)CCC(C(C)(C)O)NS2=O. The van der Waals surface area contributed by atoms with Crippen LogP contribution in [0.3, 0.4) is 0 Å². The van der Waals surface area contributed by atoms with Crippen LogP contribution in [0.25, 0.3) is 0 Å². The van der Waals surface area contributed by atoms with Gasteiger partial charge in [-0.25, -0.2) is 17.7 Å². The maximum absolute atomic E-state index is 13.4. The molecule has 0 bridgehead atoms. The number of rotatable bonds is 3. The molecule has 2 heterocycles. The predicted molar refractivity (Wildman–Crippen MR) is 97.7 cm³/mol. The Hall–Kier alpha value is -2.10. The van der Waals surface area contributed by atoms with E-state index in [1.807, 2.05) is 0 Å². The van der Waals surface area contributed by atoms with Crippen molar-refractivity contribution in [3.05, 3.63) is 47.3 Å². The molecule has 3 N–H and O–H groups in total. The van der Waals surface area contributed by atoms with E-state index in [-0.39, 0.29) is 5.69 Å². The molecule has 0 saturated heterocycles. The van der Waals surface area contributed by atoms with Crippen LogP contribution >= 0.6 is 0 Å². The molecule has 9 heteroatoms. The number of fused-ring (bicyclic) bond motifs is 1. The van der Waals surface area contributed by atoms with Crippen LogP contribution in [0.1, 0.15) is 36.3 Å². The second-order valence-electron chi connectivity index (χ2n) is 7.15. The average molecular weight is 397 g/mol. The van der Waals surface area contributed by atoms with E-state index < -0.39 is 40.2 Å². The Kier molecular flexibility index (Phi) is 5.20. The smallest absolute Gasteiger partial charge is 0.272 e. The van der Waals surface area contributed by atoms with Gasteiger partial charge in [0, 0.05) is 36.6 Å². The first kappa shape index (κ1) is 19.7. The predicted octanol–water partition coefficient (Wildman–Crippen LogP) is 2.25. The molecule has 1 amide bonds. The van der Waals surface area contributed by atoms with E-state index in [1.54, 1.807) is 31.7 Å². The van der Waals surface area contributed by atoms with E-state index in [1.165, 1.54) is 6.07 Å². The molecule has 3 rings (SSSR count). The summed E-state index contributed by atoms with van der Waals surface area (Å²) >= 11 is 0. The number of amides is 1. The first-order valence-electron chi connectivity index (χ1n) is 8.43. The Morgan fingerprint density at radius 3 is 2.70 bits per heavy atom. The molecule has 6 nitrogen and oxygen atoms in total. The number of nitrogens with one attached hydrogen (secondary N) is 2. The molecular formula is C18H21F2N3O3S. The Morgan fingerprint density at radius 2 is 2.07 bits per heavy atom. The van der Waals surface area contributed by atoms with Crippen LogP contribution in [0, 0.1) is 11.6 Å². The van der Waals surface area contributed by atoms with Crippen molar-refractivity contribution in [1.82, 2.24) is 9.29 Å². The van der Waals surface area contributed by atoms with Crippen molar-refractivity contribution in [2.24, 2.45) is 7.05 Å². The summed E-state index contributed by atoms with van der Waals surface area (Å²) in [6, 6.07) is 2.70. The maximum Gasteiger partial charge on any atom is 0.272 e. The van der Waals surface area contributed by atoms with E-state index in [0.717, 1.165) is 12.1 Å². The molecular weight excluding hydrogens is 376 g/mol. The molecule has 1 aromatic carbocycles. The number of halogens is 2. The monoisotopic (exact) mass is 397 g/mol. The fraction of sp³-hybridized carbons (Fsp3) is 0.389. The zero-order valence-corrected chi connectivity index (χ0v) is 16.0. The molecule has 27 heavy (non-hydrogen) atoms. The number of anilines is 1. The van der Waals surface area contributed by atoms with Gasteiger partial charge in [0.1, 0.15) is 16.7 Å². The summed E-state index contributed by atoms with van der Waals surface area (Å²) in [5, 5.41) is 12.8. The molecule has 0 radical (unpaired) electrons. The Balaban J connectivity index is 1.91. The summed E-state index contributed by atoms with van der Waals surface area (Å²) in [5.74, 6) is -2.57. The number of benzene rings is 1. The summed E-state index contributed by atoms with van der Waals surface area (Å²) in [5.41, 5.74) is -0.0532. The van der Waals surface area contributed by atoms with Gasteiger partial charge in [-0.15, -0.1) is 0 Å². The van der Waals surface area contributed by atoms with Crippen LogP contribution < -0.4 is 10.0 Å². The summed E-state index contributed by atoms with van der Waals surface area (Å²) in [7, 11) is 0.0635. The average Bonchev–Trinajstić information content (AvgIpc) is 2.81. The van der Waals surface area contributed by atoms with Crippen molar-refractivity contribution < 1.29 is 22.9 Å². The van der Waals surface area contributed by atoms with Gasteiger partial charge in [0.25, 0.3) is 5.91 Å². The molecule has 2 atom stereocenters. The zero-order valence-electron chi connectivity index (χ0n) is 15.2.